The van der Waals surface area contributed by atoms with E-state index < -0.39 is 0 Å². The molecule has 0 saturated carbocycles. The number of allylic oxidation sites excluding steroid dienone is 4. The SMILES string of the molecule is C=CCCC/C=C/CN(C/C=C/CCCC=C)c1ccccc1. The van der Waals surface area contributed by atoms with E-state index in [2.05, 4.69) is 72.7 Å². The highest BCUT2D eigenvalue weighted by atomic mass is 15.1. The highest BCUT2D eigenvalue weighted by molar-refractivity contribution is 5.47. The third kappa shape index (κ3) is 9.57. The Morgan fingerprint density at radius 3 is 1.70 bits per heavy atom. The molecule has 0 aliphatic carbocycles. The molecule has 0 radical (unpaired) electrons. The Morgan fingerprint density at radius 2 is 1.22 bits per heavy atom. The zero-order valence-electron chi connectivity index (χ0n) is 14.4. The van der Waals surface area contributed by atoms with Crippen molar-refractivity contribution >= 4 is 5.69 Å². The zero-order valence-corrected chi connectivity index (χ0v) is 14.4. The fourth-order valence-corrected chi connectivity index (χ4v) is 2.32. The van der Waals surface area contributed by atoms with Crippen molar-refractivity contribution in [1.82, 2.24) is 0 Å². The predicted octanol–water partition coefficient (Wildman–Crippen LogP) is 6.32. The Morgan fingerprint density at radius 1 is 0.696 bits per heavy atom. The van der Waals surface area contributed by atoms with Crippen LogP contribution in [0.3, 0.4) is 0 Å². The van der Waals surface area contributed by atoms with Crippen molar-refractivity contribution in [3.05, 3.63) is 79.9 Å². The van der Waals surface area contributed by atoms with Crippen LogP contribution in [-0.4, -0.2) is 13.1 Å². The van der Waals surface area contributed by atoms with Crippen LogP contribution >= 0.6 is 0 Å². The molecule has 0 N–H and O–H groups in total. The highest BCUT2D eigenvalue weighted by Gasteiger charge is 2.01. The van der Waals surface area contributed by atoms with E-state index in [1.165, 1.54) is 18.5 Å². The predicted molar refractivity (Wildman–Crippen MR) is 105 cm³/mol. The Bertz CT molecular complexity index is 444. The maximum atomic E-state index is 3.76. The monoisotopic (exact) mass is 309 g/mol. The minimum Gasteiger partial charge on any atom is -0.364 e. The van der Waals surface area contributed by atoms with Crippen molar-refractivity contribution < 1.29 is 0 Å². The maximum absolute atomic E-state index is 3.76. The van der Waals surface area contributed by atoms with E-state index in [0.29, 0.717) is 0 Å². The number of nitrogens with zero attached hydrogens (tertiary/aromatic N) is 1. The van der Waals surface area contributed by atoms with Crippen molar-refractivity contribution in [3.8, 4) is 0 Å². The molecule has 0 heterocycles. The van der Waals surface area contributed by atoms with Gasteiger partial charge in [-0.2, -0.15) is 0 Å². The van der Waals surface area contributed by atoms with Gasteiger partial charge in [-0.05, 0) is 50.7 Å². The van der Waals surface area contributed by atoms with E-state index in [4.69, 9.17) is 0 Å². The van der Waals surface area contributed by atoms with Gasteiger partial charge in [0.25, 0.3) is 0 Å². The molecule has 0 amide bonds. The second kappa shape index (κ2) is 13.6. The van der Waals surface area contributed by atoms with Crippen LogP contribution in [0.1, 0.15) is 38.5 Å². The summed E-state index contributed by atoms with van der Waals surface area (Å²) in [6, 6.07) is 10.6. The van der Waals surface area contributed by atoms with Gasteiger partial charge in [0.2, 0.25) is 0 Å². The zero-order chi connectivity index (χ0) is 16.6. The van der Waals surface area contributed by atoms with Gasteiger partial charge in [-0.3, -0.25) is 0 Å². The summed E-state index contributed by atoms with van der Waals surface area (Å²) < 4.78 is 0. The van der Waals surface area contributed by atoms with Crippen LogP contribution < -0.4 is 4.90 Å². The van der Waals surface area contributed by atoms with Crippen LogP contribution in [-0.2, 0) is 0 Å². The summed E-state index contributed by atoms with van der Waals surface area (Å²) in [4.78, 5) is 2.40. The number of benzene rings is 1. The van der Waals surface area contributed by atoms with Crippen molar-refractivity contribution in [3.63, 3.8) is 0 Å². The number of unbranched alkanes of at least 4 members (excludes halogenated alkanes) is 4. The van der Waals surface area contributed by atoms with Crippen LogP contribution in [0.25, 0.3) is 0 Å². The van der Waals surface area contributed by atoms with Crippen LogP contribution in [0.2, 0.25) is 0 Å². The molecule has 1 nitrogen and oxygen atoms in total. The number of hydrogen-bond donors (Lipinski definition) is 0. The molecule has 0 spiro atoms. The van der Waals surface area contributed by atoms with Gasteiger partial charge in [-0.15, -0.1) is 13.2 Å². The molecule has 0 fully saturated rings. The first kappa shape index (κ1) is 19.0. The van der Waals surface area contributed by atoms with Gasteiger partial charge in [0.05, 0.1) is 0 Å². The van der Waals surface area contributed by atoms with Gasteiger partial charge in [-0.25, -0.2) is 0 Å². The molecular formula is C22H31N. The lowest BCUT2D eigenvalue weighted by Gasteiger charge is -2.21. The normalized spacial score (nSPS) is 11.1. The van der Waals surface area contributed by atoms with E-state index in [9.17, 15) is 0 Å². The summed E-state index contributed by atoms with van der Waals surface area (Å²) >= 11 is 0. The summed E-state index contributed by atoms with van der Waals surface area (Å²) in [6.07, 6.45) is 19.9. The summed E-state index contributed by atoms with van der Waals surface area (Å²) in [5.74, 6) is 0. The van der Waals surface area contributed by atoms with Crippen LogP contribution in [0.5, 0.6) is 0 Å². The third-order valence-electron chi connectivity index (χ3n) is 3.66. The number of rotatable bonds is 13. The quantitative estimate of drug-likeness (QED) is 0.304. The van der Waals surface area contributed by atoms with Crippen molar-refractivity contribution in [2.24, 2.45) is 0 Å². The van der Waals surface area contributed by atoms with E-state index in [1.54, 1.807) is 0 Å². The Kier molecular flexibility index (Phi) is 11.3. The van der Waals surface area contributed by atoms with E-state index in [0.717, 1.165) is 38.8 Å². The lowest BCUT2D eigenvalue weighted by atomic mass is 10.2. The minimum absolute atomic E-state index is 0.953. The van der Waals surface area contributed by atoms with Crippen molar-refractivity contribution in [2.75, 3.05) is 18.0 Å². The molecule has 0 aromatic heterocycles. The molecule has 124 valence electrons. The van der Waals surface area contributed by atoms with Gasteiger partial charge < -0.3 is 4.90 Å². The first-order valence-electron chi connectivity index (χ1n) is 8.70. The topological polar surface area (TPSA) is 3.24 Å². The van der Waals surface area contributed by atoms with Gasteiger partial charge in [-0.1, -0.05) is 54.7 Å². The third-order valence-corrected chi connectivity index (χ3v) is 3.66. The lowest BCUT2D eigenvalue weighted by Crippen LogP contribution is -2.23. The molecule has 0 bridgehead atoms. The van der Waals surface area contributed by atoms with Crippen LogP contribution in [0.15, 0.2) is 79.9 Å². The molecule has 23 heavy (non-hydrogen) atoms. The average molecular weight is 309 g/mol. The fourth-order valence-electron chi connectivity index (χ4n) is 2.32. The Labute approximate surface area is 142 Å². The lowest BCUT2D eigenvalue weighted by molar-refractivity contribution is 0.857. The molecule has 1 heteroatoms. The summed E-state index contributed by atoms with van der Waals surface area (Å²) in [6.45, 7) is 9.43. The molecule has 0 saturated heterocycles. The smallest absolute Gasteiger partial charge is 0.0371 e. The average Bonchev–Trinajstić information content (AvgIpc) is 2.60. The van der Waals surface area contributed by atoms with E-state index in [1.807, 2.05) is 12.2 Å². The first-order chi connectivity index (χ1) is 11.4. The second-order valence-corrected chi connectivity index (χ2v) is 5.62. The second-order valence-electron chi connectivity index (χ2n) is 5.62. The van der Waals surface area contributed by atoms with Crippen molar-refractivity contribution in [1.29, 1.82) is 0 Å². The minimum atomic E-state index is 0.953. The van der Waals surface area contributed by atoms with Gasteiger partial charge in [0.1, 0.15) is 0 Å². The summed E-state index contributed by atoms with van der Waals surface area (Å²) in [7, 11) is 0. The molecule has 0 atom stereocenters. The molecule has 0 unspecified atom stereocenters. The van der Waals surface area contributed by atoms with Gasteiger partial charge in [0.15, 0.2) is 0 Å². The molecule has 0 aliphatic heterocycles. The Balaban J connectivity index is 2.46. The molecule has 1 aromatic carbocycles. The van der Waals surface area contributed by atoms with E-state index >= 15 is 0 Å². The van der Waals surface area contributed by atoms with Crippen LogP contribution in [0.4, 0.5) is 5.69 Å². The number of hydrogen-bond acceptors (Lipinski definition) is 1. The standard InChI is InChI=1S/C22H31N/c1-3-5-7-9-11-16-20-23(22-18-14-13-15-19-22)21-17-12-10-8-6-4-2/h3-4,11-19H,1-2,5-10,20-21H2/b16-11+,17-12+. The van der Waals surface area contributed by atoms with E-state index in [-0.39, 0.29) is 0 Å². The van der Waals surface area contributed by atoms with Crippen LogP contribution in [0, 0.1) is 0 Å². The van der Waals surface area contributed by atoms with Crippen molar-refractivity contribution in [2.45, 2.75) is 38.5 Å². The van der Waals surface area contributed by atoms with Gasteiger partial charge in [0, 0.05) is 18.8 Å². The fraction of sp³-hybridized carbons (Fsp3) is 0.364. The molecule has 1 rings (SSSR count). The summed E-state index contributed by atoms with van der Waals surface area (Å²) in [5.41, 5.74) is 1.28. The first-order valence-corrected chi connectivity index (χ1v) is 8.70. The maximum Gasteiger partial charge on any atom is 0.0371 e. The summed E-state index contributed by atoms with van der Waals surface area (Å²) in [5, 5.41) is 0. The number of anilines is 1. The molecular weight excluding hydrogens is 278 g/mol. The molecule has 1 aromatic rings. The molecule has 0 aliphatic rings. The Hall–Kier alpha value is -2.02. The number of para-hydroxylation sites is 1. The highest BCUT2D eigenvalue weighted by Crippen LogP contribution is 2.13. The van der Waals surface area contributed by atoms with Gasteiger partial charge >= 0.3 is 0 Å². The largest absolute Gasteiger partial charge is 0.364 e.